The minimum atomic E-state index is -0.164. The molecule has 0 saturated carbocycles. The van der Waals surface area contributed by atoms with Crippen LogP contribution < -0.4 is 5.32 Å². The summed E-state index contributed by atoms with van der Waals surface area (Å²) in [4.78, 5) is 21.6. The number of fused-ring (bicyclic) bond motifs is 1. The molecule has 0 bridgehead atoms. The van der Waals surface area contributed by atoms with Gasteiger partial charge in [-0.1, -0.05) is 6.07 Å². The molecule has 0 spiro atoms. The molecule has 6 heteroatoms. The maximum absolute atomic E-state index is 11.7. The van der Waals surface area contributed by atoms with E-state index in [1.165, 1.54) is 6.92 Å². The van der Waals surface area contributed by atoms with E-state index < -0.39 is 0 Å². The Hall–Kier alpha value is -2.86. The number of aromatic amines is 1. The van der Waals surface area contributed by atoms with Crippen LogP contribution in [0.4, 0.5) is 5.82 Å². The molecule has 0 fully saturated rings. The molecule has 0 unspecified atom stereocenters. The van der Waals surface area contributed by atoms with Gasteiger partial charge in [-0.3, -0.25) is 4.79 Å². The molecule has 0 atom stereocenters. The second kappa shape index (κ2) is 6.94. The van der Waals surface area contributed by atoms with E-state index >= 15 is 0 Å². The lowest BCUT2D eigenvalue weighted by molar-refractivity contribution is 0.101. The molecule has 0 aliphatic rings. The predicted molar refractivity (Wildman–Crippen MR) is 100 cm³/mol. The molecule has 0 saturated heterocycles. The molecule has 2 aromatic heterocycles. The van der Waals surface area contributed by atoms with Crippen molar-refractivity contribution < 1.29 is 9.90 Å². The number of ketones is 1. The number of benzene rings is 1. The van der Waals surface area contributed by atoms with Crippen LogP contribution in [0.25, 0.3) is 22.2 Å². The molecule has 3 aromatic rings. The van der Waals surface area contributed by atoms with Gasteiger partial charge < -0.3 is 20.3 Å². The summed E-state index contributed by atoms with van der Waals surface area (Å²) in [5, 5.41) is 14.2. The lowest BCUT2D eigenvalue weighted by atomic mass is 9.99. The highest BCUT2D eigenvalue weighted by atomic mass is 16.3. The lowest BCUT2D eigenvalue weighted by Crippen LogP contribution is -2.21. The predicted octanol–water partition coefficient (Wildman–Crippen LogP) is 3.11. The van der Waals surface area contributed by atoms with Crippen molar-refractivity contribution in [3.05, 3.63) is 42.1 Å². The van der Waals surface area contributed by atoms with E-state index in [1.54, 1.807) is 12.1 Å². The number of hydrogen-bond acceptors (Lipinski definition) is 5. The Balaban J connectivity index is 2.04. The average molecular weight is 338 g/mol. The van der Waals surface area contributed by atoms with E-state index in [-0.39, 0.29) is 11.5 Å². The van der Waals surface area contributed by atoms with Gasteiger partial charge in [0.2, 0.25) is 0 Å². The van der Waals surface area contributed by atoms with Gasteiger partial charge in [-0.2, -0.15) is 0 Å². The number of aromatic nitrogens is 2. The van der Waals surface area contributed by atoms with Crippen molar-refractivity contribution in [2.24, 2.45) is 0 Å². The van der Waals surface area contributed by atoms with Gasteiger partial charge in [-0.05, 0) is 56.4 Å². The van der Waals surface area contributed by atoms with Crippen LogP contribution in [0.1, 0.15) is 17.3 Å². The van der Waals surface area contributed by atoms with Crippen molar-refractivity contribution in [3.8, 4) is 16.9 Å². The number of rotatable bonds is 6. The third-order valence-electron chi connectivity index (χ3n) is 4.08. The number of pyridine rings is 1. The number of hydrogen-bond donors (Lipinski definition) is 3. The molecule has 25 heavy (non-hydrogen) atoms. The molecule has 0 aliphatic carbocycles. The largest absolute Gasteiger partial charge is 0.507 e. The van der Waals surface area contributed by atoms with E-state index in [1.807, 2.05) is 38.5 Å². The summed E-state index contributed by atoms with van der Waals surface area (Å²) < 4.78 is 0. The second-order valence-electron chi connectivity index (χ2n) is 6.31. The van der Waals surface area contributed by atoms with Crippen LogP contribution in [0.3, 0.4) is 0 Å². The quantitative estimate of drug-likeness (QED) is 0.602. The van der Waals surface area contributed by atoms with E-state index in [0.717, 1.165) is 41.1 Å². The standard InChI is InChI=1S/C19H22N4O2/c1-12(24)15-10-13(4-5-17(15)25)16-11-18(20-8-9-23(2)3)22-19-14(16)6-7-21-19/h4-7,10-11,25H,8-9H2,1-3H3,(H2,20,21,22). The Kier molecular flexibility index (Phi) is 4.72. The van der Waals surface area contributed by atoms with Gasteiger partial charge in [0.1, 0.15) is 17.2 Å². The zero-order chi connectivity index (χ0) is 18.0. The number of phenols is 1. The van der Waals surface area contributed by atoms with Crippen molar-refractivity contribution >= 4 is 22.6 Å². The Morgan fingerprint density at radius 1 is 1.28 bits per heavy atom. The van der Waals surface area contributed by atoms with Crippen molar-refractivity contribution in [2.75, 3.05) is 32.5 Å². The van der Waals surface area contributed by atoms with E-state index in [4.69, 9.17) is 0 Å². The molecular weight excluding hydrogens is 316 g/mol. The minimum absolute atomic E-state index is 0.0000462. The summed E-state index contributed by atoms with van der Waals surface area (Å²) in [6, 6.07) is 9.03. The second-order valence-corrected chi connectivity index (χ2v) is 6.31. The SMILES string of the molecule is CC(=O)c1cc(-c2cc(NCCN(C)C)nc3[nH]ccc23)ccc1O. The fourth-order valence-corrected chi connectivity index (χ4v) is 2.76. The van der Waals surface area contributed by atoms with Crippen molar-refractivity contribution in [3.63, 3.8) is 0 Å². The number of anilines is 1. The van der Waals surface area contributed by atoms with Gasteiger partial charge in [0, 0.05) is 24.7 Å². The van der Waals surface area contributed by atoms with E-state index in [0.29, 0.717) is 5.56 Å². The summed E-state index contributed by atoms with van der Waals surface area (Å²) in [6.07, 6.45) is 1.84. The molecule has 130 valence electrons. The van der Waals surface area contributed by atoms with Gasteiger partial charge in [-0.25, -0.2) is 4.98 Å². The molecule has 2 heterocycles. The van der Waals surface area contributed by atoms with Crippen molar-refractivity contribution in [1.29, 1.82) is 0 Å². The van der Waals surface area contributed by atoms with Crippen LogP contribution in [0.5, 0.6) is 5.75 Å². The topological polar surface area (TPSA) is 81.2 Å². The number of carbonyl (C=O) groups is 1. The van der Waals surface area contributed by atoms with Crippen LogP contribution in [0.15, 0.2) is 36.5 Å². The van der Waals surface area contributed by atoms with Crippen LogP contribution in [0.2, 0.25) is 0 Å². The third kappa shape index (κ3) is 3.64. The van der Waals surface area contributed by atoms with Crippen LogP contribution >= 0.6 is 0 Å². The van der Waals surface area contributed by atoms with Gasteiger partial charge >= 0.3 is 0 Å². The first kappa shape index (κ1) is 17.0. The van der Waals surface area contributed by atoms with Gasteiger partial charge in [0.05, 0.1) is 5.56 Å². The minimum Gasteiger partial charge on any atom is -0.507 e. The molecule has 0 radical (unpaired) electrons. The first-order valence-electron chi connectivity index (χ1n) is 8.17. The Bertz CT molecular complexity index is 915. The number of likely N-dealkylation sites (N-methyl/N-ethyl adjacent to an activating group) is 1. The van der Waals surface area contributed by atoms with Crippen LogP contribution in [0, 0.1) is 0 Å². The Morgan fingerprint density at radius 3 is 2.80 bits per heavy atom. The number of carbonyl (C=O) groups excluding carboxylic acids is 1. The molecule has 1 aromatic carbocycles. The Labute approximate surface area is 146 Å². The summed E-state index contributed by atoms with van der Waals surface area (Å²) >= 11 is 0. The first-order chi connectivity index (χ1) is 12.0. The highest BCUT2D eigenvalue weighted by Gasteiger charge is 2.13. The molecule has 3 N–H and O–H groups in total. The molecular formula is C19H22N4O2. The van der Waals surface area contributed by atoms with Gasteiger partial charge in [0.15, 0.2) is 5.78 Å². The number of aromatic hydroxyl groups is 1. The summed E-state index contributed by atoms with van der Waals surface area (Å²) in [5.41, 5.74) is 2.93. The lowest BCUT2D eigenvalue weighted by Gasteiger charge is -2.13. The van der Waals surface area contributed by atoms with Crippen molar-refractivity contribution in [2.45, 2.75) is 6.92 Å². The molecule has 0 amide bonds. The summed E-state index contributed by atoms with van der Waals surface area (Å²) in [7, 11) is 4.04. The fraction of sp³-hybridized carbons (Fsp3) is 0.263. The number of H-pyrrole nitrogens is 1. The number of phenolic OH excluding ortho intramolecular Hbond substituents is 1. The summed E-state index contributed by atoms with van der Waals surface area (Å²) in [6.45, 7) is 3.12. The number of nitrogens with zero attached hydrogens (tertiary/aromatic N) is 2. The zero-order valence-electron chi connectivity index (χ0n) is 14.6. The zero-order valence-corrected chi connectivity index (χ0v) is 14.6. The average Bonchev–Trinajstić information content (AvgIpc) is 3.02. The number of nitrogens with one attached hydrogen (secondary N) is 2. The molecule has 0 aliphatic heterocycles. The Morgan fingerprint density at radius 2 is 2.08 bits per heavy atom. The van der Waals surface area contributed by atoms with Crippen molar-refractivity contribution in [1.82, 2.24) is 14.9 Å². The normalized spacial score (nSPS) is 11.2. The summed E-state index contributed by atoms with van der Waals surface area (Å²) in [5.74, 6) is 0.604. The van der Waals surface area contributed by atoms with E-state index in [2.05, 4.69) is 20.2 Å². The molecule has 3 rings (SSSR count). The third-order valence-corrected chi connectivity index (χ3v) is 4.08. The first-order valence-corrected chi connectivity index (χ1v) is 8.17. The molecule has 6 nitrogen and oxygen atoms in total. The van der Waals surface area contributed by atoms with Crippen LogP contribution in [-0.4, -0.2) is 52.9 Å². The van der Waals surface area contributed by atoms with E-state index in [9.17, 15) is 9.90 Å². The maximum Gasteiger partial charge on any atom is 0.163 e. The monoisotopic (exact) mass is 338 g/mol. The van der Waals surface area contributed by atoms with Gasteiger partial charge in [0.25, 0.3) is 0 Å². The number of Topliss-reactive ketones (excluding diaryl/α,β-unsaturated/α-hetero) is 1. The smallest absolute Gasteiger partial charge is 0.163 e. The fourth-order valence-electron chi connectivity index (χ4n) is 2.76. The highest BCUT2D eigenvalue weighted by Crippen LogP contribution is 2.32. The maximum atomic E-state index is 11.7. The highest BCUT2D eigenvalue weighted by molar-refractivity contribution is 6.00. The van der Waals surface area contributed by atoms with Gasteiger partial charge in [-0.15, -0.1) is 0 Å². The van der Waals surface area contributed by atoms with Crippen LogP contribution in [-0.2, 0) is 0 Å².